The maximum atomic E-state index is 5.57. The minimum absolute atomic E-state index is 0.193. The molecule has 1 saturated heterocycles. The van der Waals surface area contributed by atoms with Gasteiger partial charge >= 0.3 is 0 Å². The molecule has 1 aliphatic rings. The fourth-order valence-electron chi connectivity index (χ4n) is 1.44. The zero-order valence-corrected chi connectivity index (χ0v) is 10.5. The molecule has 80 valence electrons. The number of rotatable bonds is 3. The SMILES string of the molecule is C[Si](C)(C)/C=C/[C@@H]1O[C@@H]1c1ccccn1. The minimum atomic E-state index is -1.09. The van der Waals surface area contributed by atoms with Gasteiger partial charge in [0.2, 0.25) is 0 Å². The Hall–Kier alpha value is -0.933. The molecule has 1 fully saturated rings. The molecule has 15 heavy (non-hydrogen) atoms. The highest BCUT2D eigenvalue weighted by molar-refractivity contribution is 6.80. The normalized spacial score (nSPS) is 25.8. The summed E-state index contributed by atoms with van der Waals surface area (Å²) in [7, 11) is -1.09. The minimum Gasteiger partial charge on any atom is -0.358 e. The second kappa shape index (κ2) is 3.91. The number of nitrogens with zero attached hydrogens (tertiary/aromatic N) is 1. The largest absolute Gasteiger partial charge is 0.358 e. The fourth-order valence-corrected chi connectivity index (χ4v) is 2.20. The summed E-state index contributed by atoms with van der Waals surface area (Å²) >= 11 is 0. The van der Waals surface area contributed by atoms with Crippen LogP contribution in [0, 0.1) is 0 Å². The standard InChI is InChI=1S/C12H17NOSi/c1-15(2,3)9-7-11-12(14-11)10-6-4-5-8-13-10/h4-9,11-12H,1-3H3/b9-7+/t11-,12+/m0/s1. The van der Waals surface area contributed by atoms with Gasteiger partial charge in [-0.3, -0.25) is 4.98 Å². The van der Waals surface area contributed by atoms with Crippen molar-refractivity contribution in [3.05, 3.63) is 41.9 Å². The third-order valence-corrected chi connectivity index (χ3v) is 3.48. The average Bonchev–Trinajstić information content (AvgIpc) is 2.94. The quantitative estimate of drug-likeness (QED) is 0.577. The second-order valence-corrected chi connectivity index (χ2v) is 10.1. The van der Waals surface area contributed by atoms with Gasteiger partial charge in [-0.25, -0.2) is 0 Å². The number of epoxide rings is 1. The highest BCUT2D eigenvalue weighted by atomic mass is 28.3. The molecule has 3 heteroatoms. The molecule has 2 nitrogen and oxygen atoms in total. The van der Waals surface area contributed by atoms with Gasteiger partial charge < -0.3 is 4.74 Å². The molecule has 1 aromatic rings. The summed E-state index contributed by atoms with van der Waals surface area (Å²) < 4.78 is 5.57. The summed E-state index contributed by atoms with van der Waals surface area (Å²) in [6, 6.07) is 5.95. The van der Waals surface area contributed by atoms with Crippen LogP contribution >= 0.6 is 0 Å². The Labute approximate surface area is 92.0 Å². The highest BCUT2D eigenvalue weighted by Crippen LogP contribution is 2.38. The maximum Gasteiger partial charge on any atom is 0.130 e. The molecule has 1 aliphatic heterocycles. The Morgan fingerprint density at radius 3 is 2.73 bits per heavy atom. The lowest BCUT2D eigenvalue weighted by Crippen LogP contribution is -2.15. The molecule has 0 amide bonds. The van der Waals surface area contributed by atoms with Gasteiger partial charge in [0.1, 0.15) is 12.2 Å². The van der Waals surface area contributed by atoms with Gasteiger partial charge in [0.15, 0.2) is 0 Å². The van der Waals surface area contributed by atoms with E-state index in [1.165, 1.54) is 0 Å². The Balaban J connectivity index is 1.95. The van der Waals surface area contributed by atoms with E-state index in [9.17, 15) is 0 Å². The Bertz CT molecular complexity index is 356. The molecule has 0 aliphatic carbocycles. The Kier molecular flexibility index (Phi) is 2.76. The van der Waals surface area contributed by atoms with Crippen molar-refractivity contribution in [2.75, 3.05) is 0 Å². The van der Waals surface area contributed by atoms with E-state index in [2.05, 4.69) is 36.4 Å². The molecule has 1 aromatic heterocycles. The summed E-state index contributed by atoms with van der Waals surface area (Å²) in [5.41, 5.74) is 3.38. The summed E-state index contributed by atoms with van der Waals surface area (Å²) in [6.07, 6.45) is 4.47. The lowest BCUT2D eigenvalue weighted by molar-refractivity contribution is 0.390. The third kappa shape index (κ3) is 3.01. The molecule has 0 bridgehead atoms. The van der Waals surface area contributed by atoms with Crippen LogP contribution in [0.1, 0.15) is 11.8 Å². The Morgan fingerprint density at radius 2 is 2.13 bits per heavy atom. The third-order valence-electron chi connectivity index (χ3n) is 2.29. The van der Waals surface area contributed by atoms with Gasteiger partial charge in [-0.05, 0) is 12.1 Å². The first-order valence-electron chi connectivity index (χ1n) is 5.32. The lowest BCUT2D eigenvalue weighted by Gasteiger charge is -2.06. The molecule has 0 unspecified atom stereocenters. The first-order valence-corrected chi connectivity index (χ1v) is 8.90. The van der Waals surface area contributed by atoms with Crippen molar-refractivity contribution in [3.8, 4) is 0 Å². The molecule has 0 aromatic carbocycles. The van der Waals surface area contributed by atoms with Crippen molar-refractivity contribution in [2.24, 2.45) is 0 Å². The van der Waals surface area contributed by atoms with Crippen LogP contribution in [0.2, 0.25) is 19.6 Å². The number of aromatic nitrogens is 1. The molecule has 2 atom stereocenters. The number of pyridine rings is 1. The lowest BCUT2D eigenvalue weighted by atomic mass is 10.2. The van der Waals surface area contributed by atoms with Crippen LogP contribution in [0.3, 0.4) is 0 Å². The van der Waals surface area contributed by atoms with Gasteiger partial charge in [-0.1, -0.05) is 37.5 Å². The number of ether oxygens (including phenoxy) is 1. The van der Waals surface area contributed by atoms with Crippen molar-refractivity contribution in [1.29, 1.82) is 0 Å². The Morgan fingerprint density at radius 1 is 1.33 bits per heavy atom. The van der Waals surface area contributed by atoms with Crippen LogP contribution in [0.5, 0.6) is 0 Å². The van der Waals surface area contributed by atoms with E-state index in [1.54, 1.807) is 0 Å². The van der Waals surface area contributed by atoms with Gasteiger partial charge in [-0.2, -0.15) is 0 Å². The molecular formula is C12H17NOSi. The number of hydrogen-bond donors (Lipinski definition) is 0. The van der Waals surface area contributed by atoms with E-state index in [4.69, 9.17) is 4.74 Å². The topological polar surface area (TPSA) is 25.4 Å². The van der Waals surface area contributed by atoms with Gasteiger partial charge in [0.25, 0.3) is 0 Å². The molecule has 2 heterocycles. The summed E-state index contributed by atoms with van der Waals surface area (Å²) in [5.74, 6) is 0. The van der Waals surface area contributed by atoms with Crippen molar-refractivity contribution in [3.63, 3.8) is 0 Å². The smallest absolute Gasteiger partial charge is 0.130 e. The van der Waals surface area contributed by atoms with Crippen molar-refractivity contribution >= 4 is 8.07 Å². The van der Waals surface area contributed by atoms with Crippen molar-refractivity contribution in [2.45, 2.75) is 31.8 Å². The second-order valence-electron chi connectivity index (χ2n) is 5.00. The van der Waals surface area contributed by atoms with E-state index < -0.39 is 8.07 Å². The van der Waals surface area contributed by atoms with Crippen LogP contribution in [0.15, 0.2) is 36.2 Å². The van der Waals surface area contributed by atoms with E-state index in [1.807, 2.05) is 24.4 Å². The van der Waals surface area contributed by atoms with Crippen LogP contribution in [0.4, 0.5) is 0 Å². The summed E-state index contributed by atoms with van der Waals surface area (Å²) in [4.78, 5) is 4.29. The zero-order chi connectivity index (χ0) is 10.9. The van der Waals surface area contributed by atoms with E-state index >= 15 is 0 Å². The van der Waals surface area contributed by atoms with Crippen molar-refractivity contribution in [1.82, 2.24) is 4.98 Å². The molecule has 0 spiro atoms. The number of hydrogen-bond acceptors (Lipinski definition) is 2. The van der Waals surface area contributed by atoms with Gasteiger partial charge in [0.05, 0.1) is 13.8 Å². The van der Waals surface area contributed by atoms with Crippen LogP contribution in [0.25, 0.3) is 0 Å². The molecular weight excluding hydrogens is 202 g/mol. The fraction of sp³-hybridized carbons (Fsp3) is 0.417. The molecule has 2 rings (SSSR count). The average molecular weight is 219 g/mol. The van der Waals surface area contributed by atoms with Crippen LogP contribution in [-0.2, 0) is 4.74 Å². The van der Waals surface area contributed by atoms with Gasteiger partial charge in [-0.15, -0.1) is 0 Å². The molecule has 0 radical (unpaired) electrons. The first-order chi connectivity index (χ1) is 7.06. The van der Waals surface area contributed by atoms with E-state index in [0.29, 0.717) is 0 Å². The zero-order valence-electron chi connectivity index (χ0n) is 9.47. The van der Waals surface area contributed by atoms with Crippen LogP contribution < -0.4 is 0 Å². The van der Waals surface area contributed by atoms with E-state index in [0.717, 1.165) is 5.69 Å². The van der Waals surface area contributed by atoms with Crippen molar-refractivity contribution < 1.29 is 4.74 Å². The molecule has 0 N–H and O–H groups in total. The highest BCUT2D eigenvalue weighted by Gasteiger charge is 2.39. The van der Waals surface area contributed by atoms with Crippen LogP contribution in [-0.4, -0.2) is 19.2 Å². The predicted octanol–water partition coefficient (Wildman–Crippen LogP) is 2.96. The first kappa shape index (κ1) is 10.6. The summed E-state index contributed by atoms with van der Waals surface area (Å²) in [5, 5.41) is 0. The van der Waals surface area contributed by atoms with Gasteiger partial charge in [0, 0.05) is 6.20 Å². The molecule has 0 saturated carbocycles. The maximum absolute atomic E-state index is 5.57. The predicted molar refractivity (Wildman–Crippen MR) is 64.3 cm³/mol. The monoisotopic (exact) mass is 219 g/mol. The summed E-state index contributed by atoms with van der Waals surface area (Å²) in [6.45, 7) is 6.96. The van der Waals surface area contributed by atoms with E-state index in [-0.39, 0.29) is 12.2 Å².